The van der Waals surface area contributed by atoms with Gasteiger partial charge in [-0.1, -0.05) is 85.4 Å². The van der Waals surface area contributed by atoms with Gasteiger partial charge in [0.05, 0.1) is 37.7 Å². The second kappa shape index (κ2) is 16.4. The fourth-order valence-corrected chi connectivity index (χ4v) is 5.35. The number of nitriles is 1. The number of carbonyl (C=O) groups is 2. The van der Waals surface area contributed by atoms with Crippen molar-refractivity contribution in [3.05, 3.63) is 41.6 Å². The maximum atomic E-state index is 12.6. The number of carbonyl (C=O) groups excluding carboxylic acids is 2. The molecule has 8 heteroatoms. The van der Waals surface area contributed by atoms with E-state index < -0.39 is 17.4 Å². The average molecular weight is 578 g/mol. The average Bonchev–Trinajstić information content (AvgIpc) is 3.26. The number of amides is 1. The van der Waals surface area contributed by atoms with Gasteiger partial charge in [-0.2, -0.15) is 10.2 Å². The highest BCUT2D eigenvalue weighted by Crippen LogP contribution is 2.32. The number of carboxylic acids is 1. The Hall–Kier alpha value is -3.31. The first kappa shape index (κ1) is 34.9. The SMILES string of the molecule is CC(C)C1(C)N=C(c2nc3ccccc3cc2C(=O)[O-])N(C#N)C1=O.CCCC[N+](CCCC)(CCCC)CCCC. The molecule has 0 spiro atoms. The third kappa shape index (κ3) is 8.38. The molecule has 0 aliphatic carbocycles. The topological polar surface area (TPSA) is 109 Å². The van der Waals surface area contributed by atoms with Crippen molar-refractivity contribution in [2.75, 3.05) is 26.2 Å². The number of para-hydroxylation sites is 1. The van der Waals surface area contributed by atoms with Crippen LogP contribution >= 0.6 is 0 Å². The Morgan fingerprint density at radius 2 is 1.48 bits per heavy atom. The molecule has 1 aromatic carbocycles. The van der Waals surface area contributed by atoms with Gasteiger partial charge in [0.25, 0.3) is 5.91 Å². The zero-order chi connectivity index (χ0) is 31.3. The van der Waals surface area contributed by atoms with Gasteiger partial charge < -0.3 is 14.4 Å². The van der Waals surface area contributed by atoms with E-state index in [1.807, 2.05) is 13.8 Å². The van der Waals surface area contributed by atoms with Crippen molar-refractivity contribution in [2.45, 2.75) is 105 Å². The van der Waals surface area contributed by atoms with Gasteiger partial charge in [-0.05, 0) is 50.7 Å². The van der Waals surface area contributed by atoms with Crippen LogP contribution in [-0.4, -0.2) is 63.8 Å². The quantitative estimate of drug-likeness (QED) is 0.188. The lowest BCUT2D eigenvalue weighted by Crippen LogP contribution is -2.50. The minimum absolute atomic E-state index is 0.0435. The third-order valence-electron chi connectivity index (χ3n) is 8.51. The molecule has 1 unspecified atom stereocenters. The molecule has 3 rings (SSSR count). The number of rotatable bonds is 15. The molecule has 2 heterocycles. The van der Waals surface area contributed by atoms with Crippen molar-refractivity contribution in [1.29, 1.82) is 5.26 Å². The number of aromatic carboxylic acids is 1. The number of nitrogens with zero attached hydrogens (tertiary/aromatic N) is 5. The van der Waals surface area contributed by atoms with Crippen LogP contribution in [0.3, 0.4) is 0 Å². The van der Waals surface area contributed by atoms with Crippen LogP contribution in [0.2, 0.25) is 0 Å². The summed E-state index contributed by atoms with van der Waals surface area (Å²) in [5.41, 5.74) is -0.869. The molecule has 1 atom stereocenters. The number of aliphatic imine (C=N–C) groups is 1. The number of pyridine rings is 1. The lowest BCUT2D eigenvalue weighted by molar-refractivity contribution is -0.929. The Labute approximate surface area is 253 Å². The largest absolute Gasteiger partial charge is 0.545 e. The summed E-state index contributed by atoms with van der Waals surface area (Å²) in [6.45, 7) is 20.3. The van der Waals surface area contributed by atoms with E-state index in [1.54, 1.807) is 37.4 Å². The summed E-state index contributed by atoms with van der Waals surface area (Å²) in [4.78, 5) is 33.8. The molecule has 42 heavy (non-hydrogen) atoms. The summed E-state index contributed by atoms with van der Waals surface area (Å²) in [5.74, 6) is -2.19. The number of carboxylic acid groups (broad SMARTS) is 1. The van der Waals surface area contributed by atoms with Gasteiger partial charge in [0.1, 0.15) is 11.2 Å². The minimum Gasteiger partial charge on any atom is -0.545 e. The van der Waals surface area contributed by atoms with Crippen LogP contribution in [0.5, 0.6) is 0 Å². The highest BCUT2D eigenvalue weighted by Gasteiger charge is 2.48. The summed E-state index contributed by atoms with van der Waals surface area (Å²) in [7, 11) is 0. The Kier molecular flexibility index (Phi) is 13.6. The maximum Gasteiger partial charge on any atom is 0.269 e. The number of hydrogen-bond acceptors (Lipinski definition) is 6. The number of quaternary nitrogens is 1. The van der Waals surface area contributed by atoms with Gasteiger partial charge in [-0.3, -0.25) is 4.79 Å². The molecule has 1 aliphatic heterocycles. The number of aromatic nitrogens is 1. The third-order valence-corrected chi connectivity index (χ3v) is 8.51. The number of benzene rings is 1. The first-order valence-electron chi connectivity index (χ1n) is 15.8. The number of amidine groups is 1. The Balaban J connectivity index is 0.000000319. The second-order valence-corrected chi connectivity index (χ2v) is 12.0. The van der Waals surface area contributed by atoms with E-state index in [4.69, 9.17) is 0 Å². The lowest BCUT2D eigenvalue weighted by Gasteiger charge is -2.39. The standard InChI is InChI=1S/C18H16N4O3.C16H36N/c1-10(2)18(3)17(25)22(9-19)15(21-18)14-12(16(23)24)8-11-6-4-5-7-13(11)20-14;1-5-9-13-17(14-10-6-2,15-11-7-3)16-12-8-4/h4-8,10H,1-3H3,(H,23,24);5-16H2,1-4H3/q;+1/p-1. The molecule has 1 aliphatic rings. The van der Waals surface area contributed by atoms with Crippen LogP contribution in [-0.2, 0) is 4.79 Å². The van der Waals surface area contributed by atoms with Crippen LogP contribution < -0.4 is 5.11 Å². The van der Waals surface area contributed by atoms with E-state index in [0.717, 1.165) is 4.90 Å². The molecule has 1 amide bonds. The summed E-state index contributed by atoms with van der Waals surface area (Å²) in [6, 6.07) is 8.38. The zero-order valence-corrected chi connectivity index (χ0v) is 26.9. The predicted molar refractivity (Wildman–Crippen MR) is 168 cm³/mol. The number of fused-ring (bicyclic) bond motifs is 1. The van der Waals surface area contributed by atoms with Gasteiger partial charge in [-0.25, -0.2) is 9.98 Å². The Bertz CT molecular complexity index is 1230. The summed E-state index contributed by atoms with van der Waals surface area (Å²) >= 11 is 0. The molecule has 0 fully saturated rings. The minimum atomic E-state index is -1.44. The lowest BCUT2D eigenvalue weighted by atomic mass is 9.89. The van der Waals surface area contributed by atoms with Crippen LogP contribution in [0.15, 0.2) is 35.3 Å². The molecule has 0 radical (unpaired) electrons. The molecule has 2 aromatic rings. The normalized spacial score (nSPS) is 16.8. The molecule has 230 valence electrons. The van der Waals surface area contributed by atoms with Gasteiger partial charge in [-0.15, -0.1) is 0 Å². The molecule has 0 bridgehead atoms. The van der Waals surface area contributed by atoms with Crippen LogP contribution in [0.1, 0.15) is 116 Å². The zero-order valence-electron chi connectivity index (χ0n) is 26.9. The van der Waals surface area contributed by atoms with Gasteiger partial charge in [0, 0.05) is 10.9 Å². The van der Waals surface area contributed by atoms with Crippen molar-refractivity contribution in [3.63, 3.8) is 0 Å². The fourth-order valence-electron chi connectivity index (χ4n) is 5.35. The van der Waals surface area contributed by atoms with E-state index in [9.17, 15) is 20.0 Å². The second-order valence-electron chi connectivity index (χ2n) is 12.0. The first-order valence-corrected chi connectivity index (χ1v) is 15.8. The Morgan fingerprint density at radius 3 is 1.90 bits per heavy atom. The van der Waals surface area contributed by atoms with Crippen LogP contribution in [0.4, 0.5) is 0 Å². The smallest absolute Gasteiger partial charge is 0.269 e. The molecular formula is C34H51N5O3. The van der Waals surface area contributed by atoms with Crippen LogP contribution in [0, 0.1) is 17.4 Å². The van der Waals surface area contributed by atoms with Crippen molar-refractivity contribution in [2.24, 2.45) is 10.9 Å². The van der Waals surface area contributed by atoms with Crippen molar-refractivity contribution in [3.8, 4) is 6.19 Å². The molecule has 0 N–H and O–H groups in total. The van der Waals surface area contributed by atoms with E-state index in [0.29, 0.717) is 10.9 Å². The predicted octanol–water partition coefficient (Wildman–Crippen LogP) is 6.09. The summed E-state index contributed by atoms with van der Waals surface area (Å²) in [6.07, 6.45) is 12.8. The molecule has 8 nitrogen and oxygen atoms in total. The van der Waals surface area contributed by atoms with E-state index in [-0.39, 0.29) is 23.0 Å². The molecule has 1 aromatic heterocycles. The fraction of sp³-hybridized carbons (Fsp3) is 0.618. The van der Waals surface area contributed by atoms with E-state index in [2.05, 4.69) is 37.7 Å². The first-order chi connectivity index (χ1) is 20.0. The van der Waals surface area contributed by atoms with Gasteiger partial charge in [0.15, 0.2) is 12.0 Å². The molecule has 0 saturated heterocycles. The van der Waals surface area contributed by atoms with Crippen molar-refractivity contribution >= 4 is 28.6 Å². The monoisotopic (exact) mass is 577 g/mol. The van der Waals surface area contributed by atoms with Gasteiger partial charge >= 0.3 is 0 Å². The molecular weight excluding hydrogens is 526 g/mol. The van der Waals surface area contributed by atoms with Crippen molar-refractivity contribution in [1.82, 2.24) is 9.88 Å². The summed E-state index contributed by atoms with van der Waals surface area (Å²) < 4.78 is 1.42. The van der Waals surface area contributed by atoms with E-state index >= 15 is 0 Å². The summed E-state index contributed by atoms with van der Waals surface area (Å²) in [5, 5.41) is 21.6. The highest BCUT2D eigenvalue weighted by atomic mass is 16.4. The molecule has 0 saturated carbocycles. The number of unbranched alkanes of at least 4 members (excludes halogenated alkanes) is 4. The number of hydrogen-bond donors (Lipinski definition) is 0. The van der Waals surface area contributed by atoms with Gasteiger partial charge in [0.2, 0.25) is 0 Å². The Morgan fingerprint density at radius 1 is 0.976 bits per heavy atom. The van der Waals surface area contributed by atoms with E-state index in [1.165, 1.54) is 88.1 Å². The maximum absolute atomic E-state index is 12.6. The van der Waals surface area contributed by atoms with Crippen LogP contribution in [0.25, 0.3) is 10.9 Å². The van der Waals surface area contributed by atoms with Crippen molar-refractivity contribution < 1.29 is 19.2 Å². The highest BCUT2D eigenvalue weighted by molar-refractivity contribution is 6.19.